The lowest BCUT2D eigenvalue weighted by atomic mass is 9.78. The lowest BCUT2D eigenvalue weighted by Gasteiger charge is -2.45. The maximum atomic E-state index is 13.0. The molecule has 0 bridgehead atoms. The van der Waals surface area contributed by atoms with Gasteiger partial charge in [0.1, 0.15) is 0 Å². The fourth-order valence-corrected chi connectivity index (χ4v) is 4.53. The van der Waals surface area contributed by atoms with Crippen molar-refractivity contribution in [2.75, 3.05) is 32.8 Å². The average Bonchev–Trinajstić information content (AvgIpc) is 3.16. The zero-order valence-corrected chi connectivity index (χ0v) is 14.3. The molecule has 3 atom stereocenters. The van der Waals surface area contributed by atoms with E-state index in [1.165, 1.54) is 0 Å². The number of rotatable bonds is 3. The summed E-state index contributed by atoms with van der Waals surface area (Å²) < 4.78 is 6.01. The molecule has 0 unspecified atom stereocenters. The van der Waals surface area contributed by atoms with Gasteiger partial charge < -0.3 is 9.64 Å². The van der Waals surface area contributed by atoms with Gasteiger partial charge in [-0.05, 0) is 37.8 Å². The number of aromatic nitrogens is 1. The van der Waals surface area contributed by atoms with Gasteiger partial charge >= 0.3 is 0 Å². The van der Waals surface area contributed by atoms with Gasteiger partial charge in [-0.3, -0.25) is 14.7 Å². The van der Waals surface area contributed by atoms with Crippen LogP contribution in [0.3, 0.4) is 0 Å². The number of hydrogen-bond acceptors (Lipinski definition) is 4. The lowest BCUT2D eigenvalue weighted by Crippen LogP contribution is -2.53. The van der Waals surface area contributed by atoms with Crippen LogP contribution < -0.4 is 0 Å². The second kappa shape index (κ2) is 7.19. The highest BCUT2D eigenvalue weighted by molar-refractivity contribution is 5.79. The van der Waals surface area contributed by atoms with E-state index in [0.29, 0.717) is 11.8 Å². The fourth-order valence-electron chi connectivity index (χ4n) is 4.53. The molecule has 1 aromatic heterocycles. The van der Waals surface area contributed by atoms with Crippen LogP contribution in [-0.2, 0) is 16.1 Å². The highest BCUT2D eigenvalue weighted by atomic mass is 16.5. The Morgan fingerprint density at radius 2 is 2.08 bits per heavy atom. The molecule has 1 aromatic rings. The number of pyridine rings is 1. The molecule has 1 amide bonds. The predicted octanol–water partition coefficient (Wildman–Crippen LogP) is 1.93. The molecule has 4 heterocycles. The summed E-state index contributed by atoms with van der Waals surface area (Å²) in [6.45, 7) is 5.49. The first kappa shape index (κ1) is 16.0. The van der Waals surface area contributed by atoms with Crippen molar-refractivity contribution in [3.8, 4) is 0 Å². The standard InChI is InChI=1S/C19H27N3O2/c23-19(22-9-3-4-10-22)16-7-12-24-18-6-11-21(14-17(16)18)13-15-5-1-2-8-20-15/h1-2,5,8,16-18H,3-4,6-7,9-14H2/t16-,17+,18-/m1/s1. The molecule has 3 fully saturated rings. The van der Waals surface area contributed by atoms with E-state index in [-0.39, 0.29) is 12.0 Å². The van der Waals surface area contributed by atoms with E-state index in [1.54, 1.807) is 0 Å². The monoisotopic (exact) mass is 329 g/mol. The van der Waals surface area contributed by atoms with Gasteiger partial charge in [0.15, 0.2) is 0 Å². The van der Waals surface area contributed by atoms with Gasteiger partial charge in [-0.25, -0.2) is 0 Å². The van der Waals surface area contributed by atoms with Crippen LogP contribution in [0.25, 0.3) is 0 Å². The normalized spacial score (nSPS) is 31.0. The van der Waals surface area contributed by atoms with Crippen molar-refractivity contribution >= 4 is 5.91 Å². The van der Waals surface area contributed by atoms with Gasteiger partial charge in [0.05, 0.1) is 11.8 Å². The third kappa shape index (κ3) is 3.33. The van der Waals surface area contributed by atoms with Crippen LogP contribution in [0.2, 0.25) is 0 Å². The molecule has 0 spiro atoms. The third-order valence-corrected chi connectivity index (χ3v) is 5.80. The Bertz CT molecular complexity index is 559. The molecule has 3 aliphatic rings. The number of carbonyl (C=O) groups is 1. The van der Waals surface area contributed by atoms with Crippen molar-refractivity contribution in [3.63, 3.8) is 0 Å². The van der Waals surface area contributed by atoms with Crippen LogP contribution in [-0.4, -0.2) is 59.6 Å². The van der Waals surface area contributed by atoms with Crippen molar-refractivity contribution in [2.24, 2.45) is 11.8 Å². The maximum absolute atomic E-state index is 13.0. The number of amides is 1. The number of hydrogen-bond donors (Lipinski definition) is 0. The molecule has 5 nitrogen and oxygen atoms in total. The zero-order valence-electron chi connectivity index (χ0n) is 14.3. The fraction of sp³-hybridized carbons (Fsp3) is 0.684. The summed E-state index contributed by atoms with van der Waals surface area (Å²) in [5, 5.41) is 0. The van der Waals surface area contributed by atoms with Gasteiger partial charge in [0.2, 0.25) is 5.91 Å². The molecule has 0 aromatic carbocycles. The first-order valence-corrected chi connectivity index (χ1v) is 9.34. The van der Waals surface area contributed by atoms with Crippen molar-refractivity contribution in [1.82, 2.24) is 14.8 Å². The van der Waals surface area contributed by atoms with Gasteiger partial charge in [-0.2, -0.15) is 0 Å². The van der Waals surface area contributed by atoms with Crippen molar-refractivity contribution in [2.45, 2.75) is 38.3 Å². The lowest BCUT2D eigenvalue weighted by molar-refractivity contribution is -0.150. The summed E-state index contributed by atoms with van der Waals surface area (Å²) in [6.07, 6.45) is 6.35. The Balaban J connectivity index is 1.44. The Labute approximate surface area is 144 Å². The van der Waals surface area contributed by atoms with E-state index < -0.39 is 0 Å². The van der Waals surface area contributed by atoms with Crippen LogP contribution in [0.4, 0.5) is 0 Å². The highest BCUT2D eigenvalue weighted by Gasteiger charge is 2.43. The number of likely N-dealkylation sites (tertiary alicyclic amines) is 2. The Morgan fingerprint density at radius 1 is 1.21 bits per heavy atom. The van der Waals surface area contributed by atoms with E-state index in [0.717, 1.165) is 70.7 Å². The van der Waals surface area contributed by atoms with Crippen LogP contribution in [0.5, 0.6) is 0 Å². The predicted molar refractivity (Wildman–Crippen MR) is 91.3 cm³/mol. The largest absolute Gasteiger partial charge is 0.378 e. The molecule has 4 rings (SSSR count). The molecule has 0 saturated carbocycles. The Kier molecular flexibility index (Phi) is 4.81. The number of ether oxygens (including phenoxy) is 1. The number of piperidine rings is 1. The highest BCUT2D eigenvalue weighted by Crippen LogP contribution is 2.35. The van der Waals surface area contributed by atoms with E-state index in [9.17, 15) is 4.79 Å². The quantitative estimate of drug-likeness (QED) is 0.850. The van der Waals surface area contributed by atoms with Crippen LogP contribution in [0, 0.1) is 11.8 Å². The first-order valence-electron chi connectivity index (χ1n) is 9.34. The van der Waals surface area contributed by atoms with Gasteiger partial charge in [-0.15, -0.1) is 0 Å². The van der Waals surface area contributed by atoms with E-state index in [1.807, 2.05) is 18.3 Å². The summed E-state index contributed by atoms with van der Waals surface area (Å²) in [5.74, 6) is 0.864. The van der Waals surface area contributed by atoms with Crippen LogP contribution in [0.15, 0.2) is 24.4 Å². The second-order valence-electron chi connectivity index (χ2n) is 7.35. The topological polar surface area (TPSA) is 45.7 Å². The summed E-state index contributed by atoms with van der Waals surface area (Å²) in [7, 11) is 0. The molecule has 3 saturated heterocycles. The number of fused-ring (bicyclic) bond motifs is 1. The van der Waals surface area contributed by atoms with Crippen LogP contribution in [0.1, 0.15) is 31.4 Å². The van der Waals surface area contributed by atoms with Gasteiger partial charge in [0, 0.05) is 57.4 Å². The number of nitrogens with zero attached hydrogens (tertiary/aromatic N) is 3. The van der Waals surface area contributed by atoms with Gasteiger partial charge in [0.25, 0.3) is 0 Å². The van der Waals surface area contributed by atoms with Crippen molar-refractivity contribution in [1.29, 1.82) is 0 Å². The summed E-state index contributed by atoms with van der Waals surface area (Å²) in [6, 6.07) is 6.07. The van der Waals surface area contributed by atoms with Gasteiger partial charge in [-0.1, -0.05) is 6.07 Å². The number of carbonyl (C=O) groups excluding carboxylic acids is 1. The SMILES string of the molecule is O=C([C@@H]1CCO[C@@H]2CCN(Cc3ccccn3)C[C@H]21)N1CCCC1. The van der Waals surface area contributed by atoms with E-state index in [4.69, 9.17) is 4.74 Å². The summed E-state index contributed by atoms with van der Waals surface area (Å²) in [5.41, 5.74) is 1.11. The minimum Gasteiger partial charge on any atom is -0.378 e. The average molecular weight is 329 g/mol. The summed E-state index contributed by atoms with van der Waals surface area (Å²) in [4.78, 5) is 21.9. The molecular weight excluding hydrogens is 302 g/mol. The van der Waals surface area contributed by atoms with Crippen molar-refractivity contribution in [3.05, 3.63) is 30.1 Å². The second-order valence-corrected chi connectivity index (χ2v) is 7.35. The molecule has 24 heavy (non-hydrogen) atoms. The molecule has 0 N–H and O–H groups in total. The first-order chi connectivity index (χ1) is 11.8. The molecule has 130 valence electrons. The molecule has 0 radical (unpaired) electrons. The zero-order chi connectivity index (χ0) is 16.4. The van der Waals surface area contributed by atoms with E-state index in [2.05, 4.69) is 20.9 Å². The van der Waals surface area contributed by atoms with Crippen LogP contribution >= 0.6 is 0 Å². The molecule has 0 aliphatic carbocycles. The third-order valence-electron chi connectivity index (χ3n) is 5.80. The summed E-state index contributed by atoms with van der Waals surface area (Å²) >= 11 is 0. The minimum atomic E-state index is 0.147. The Hall–Kier alpha value is -1.46. The Morgan fingerprint density at radius 3 is 2.88 bits per heavy atom. The maximum Gasteiger partial charge on any atom is 0.226 e. The molecular formula is C19H27N3O2. The van der Waals surface area contributed by atoms with E-state index >= 15 is 0 Å². The minimum absolute atomic E-state index is 0.147. The smallest absolute Gasteiger partial charge is 0.226 e. The molecule has 3 aliphatic heterocycles. The van der Waals surface area contributed by atoms with Crippen molar-refractivity contribution < 1.29 is 9.53 Å². The molecule has 5 heteroatoms.